The number of rotatable bonds is 0. The third-order valence-electron chi connectivity index (χ3n) is 1.59. The standard InChI is InChI=1S/C8H5ClFNS.2C2H6/c1-4-2-3-5-6(10)7(9)12-8(5)11-4;2*1-2/h2-3H,1H3;2*1-2H3. The van der Waals surface area contributed by atoms with Gasteiger partial charge in [-0.2, -0.15) is 0 Å². The summed E-state index contributed by atoms with van der Waals surface area (Å²) >= 11 is 6.78. The van der Waals surface area contributed by atoms with Gasteiger partial charge in [0.2, 0.25) is 0 Å². The molecule has 0 aromatic carbocycles. The van der Waals surface area contributed by atoms with Crippen LogP contribution in [0.25, 0.3) is 10.2 Å². The molecule has 4 heteroatoms. The zero-order valence-corrected chi connectivity index (χ0v) is 11.8. The second-order valence-corrected chi connectivity index (χ2v) is 4.10. The van der Waals surface area contributed by atoms with E-state index in [2.05, 4.69) is 4.98 Å². The van der Waals surface area contributed by atoms with Crippen LogP contribution in [0.1, 0.15) is 33.4 Å². The molecule has 0 amide bonds. The first-order valence-electron chi connectivity index (χ1n) is 5.39. The SMILES string of the molecule is CC.CC.Cc1ccc2c(F)c(Cl)sc2n1. The number of aryl methyl sites for hydroxylation is 1. The fraction of sp³-hybridized carbons (Fsp3) is 0.417. The molecule has 0 N–H and O–H groups in total. The summed E-state index contributed by atoms with van der Waals surface area (Å²) in [5, 5.41) is 0.510. The van der Waals surface area contributed by atoms with Crippen LogP contribution in [0.3, 0.4) is 0 Å². The molecule has 0 fully saturated rings. The highest BCUT2D eigenvalue weighted by molar-refractivity contribution is 7.22. The fourth-order valence-electron chi connectivity index (χ4n) is 1.01. The minimum atomic E-state index is -0.357. The van der Waals surface area contributed by atoms with Gasteiger partial charge in [0.05, 0.1) is 0 Å². The van der Waals surface area contributed by atoms with Crippen molar-refractivity contribution in [2.75, 3.05) is 0 Å². The van der Waals surface area contributed by atoms with E-state index in [1.165, 1.54) is 11.3 Å². The van der Waals surface area contributed by atoms with E-state index in [1.54, 1.807) is 12.1 Å². The number of fused-ring (bicyclic) bond motifs is 1. The smallest absolute Gasteiger partial charge is 0.162 e. The van der Waals surface area contributed by atoms with Gasteiger partial charge in [-0.05, 0) is 19.1 Å². The lowest BCUT2D eigenvalue weighted by Crippen LogP contribution is -1.78. The number of nitrogens with zero attached hydrogens (tertiary/aromatic N) is 1. The molecule has 0 saturated carbocycles. The van der Waals surface area contributed by atoms with E-state index in [9.17, 15) is 4.39 Å². The van der Waals surface area contributed by atoms with Crippen LogP contribution in [0.2, 0.25) is 4.34 Å². The van der Waals surface area contributed by atoms with Crippen LogP contribution in [-0.4, -0.2) is 4.98 Å². The lowest BCUT2D eigenvalue weighted by atomic mass is 10.3. The summed E-state index contributed by atoms with van der Waals surface area (Å²) in [6, 6.07) is 3.48. The molecule has 1 nitrogen and oxygen atoms in total. The number of hydrogen-bond acceptors (Lipinski definition) is 2. The molecule has 0 aliphatic carbocycles. The molecule has 90 valence electrons. The highest BCUT2D eigenvalue weighted by Gasteiger charge is 2.10. The minimum absolute atomic E-state index is 0.183. The van der Waals surface area contributed by atoms with Crippen molar-refractivity contribution in [1.29, 1.82) is 0 Å². The lowest BCUT2D eigenvalue weighted by molar-refractivity contribution is 0.644. The Morgan fingerprint density at radius 1 is 1.19 bits per heavy atom. The van der Waals surface area contributed by atoms with Crippen LogP contribution in [0.5, 0.6) is 0 Å². The van der Waals surface area contributed by atoms with E-state index in [4.69, 9.17) is 11.6 Å². The largest absolute Gasteiger partial charge is 0.242 e. The van der Waals surface area contributed by atoms with Gasteiger partial charge in [-0.1, -0.05) is 39.3 Å². The zero-order valence-electron chi connectivity index (χ0n) is 10.3. The number of pyridine rings is 1. The molecule has 2 rings (SSSR count). The molecule has 0 radical (unpaired) electrons. The second-order valence-electron chi connectivity index (χ2n) is 2.50. The van der Waals surface area contributed by atoms with Crippen molar-refractivity contribution < 1.29 is 4.39 Å². The highest BCUT2D eigenvalue weighted by Crippen LogP contribution is 2.32. The second kappa shape index (κ2) is 7.58. The molecule has 0 saturated heterocycles. The van der Waals surface area contributed by atoms with Crippen LogP contribution in [-0.2, 0) is 0 Å². The molecule has 2 aromatic heterocycles. The fourth-order valence-corrected chi connectivity index (χ4v) is 2.16. The van der Waals surface area contributed by atoms with Crippen LogP contribution >= 0.6 is 22.9 Å². The van der Waals surface area contributed by atoms with Gasteiger partial charge >= 0.3 is 0 Å². The average Bonchev–Trinajstić information content (AvgIpc) is 2.60. The summed E-state index contributed by atoms with van der Waals surface area (Å²) in [4.78, 5) is 4.82. The first-order chi connectivity index (χ1) is 7.68. The summed E-state index contributed by atoms with van der Waals surface area (Å²) in [6.45, 7) is 9.87. The normalized spacial score (nSPS) is 8.94. The Morgan fingerprint density at radius 2 is 1.75 bits per heavy atom. The van der Waals surface area contributed by atoms with E-state index in [0.717, 1.165) is 5.69 Å². The highest BCUT2D eigenvalue weighted by atomic mass is 35.5. The maximum absolute atomic E-state index is 13.1. The summed E-state index contributed by atoms with van der Waals surface area (Å²) in [7, 11) is 0. The van der Waals surface area contributed by atoms with Crippen molar-refractivity contribution in [2.45, 2.75) is 34.6 Å². The molecular weight excluding hydrogens is 245 g/mol. The molecule has 16 heavy (non-hydrogen) atoms. The van der Waals surface area contributed by atoms with Crippen LogP contribution in [0.15, 0.2) is 12.1 Å². The molecule has 0 unspecified atom stereocenters. The van der Waals surface area contributed by atoms with Gasteiger partial charge in [-0.15, -0.1) is 11.3 Å². The van der Waals surface area contributed by atoms with E-state index >= 15 is 0 Å². The number of hydrogen-bond donors (Lipinski definition) is 0. The van der Waals surface area contributed by atoms with E-state index < -0.39 is 0 Å². The van der Waals surface area contributed by atoms with E-state index in [1.807, 2.05) is 34.6 Å². The van der Waals surface area contributed by atoms with Crippen molar-refractivity contribution in [2.24, 2.45) is 0 Å². The van der Waals surface area contributed by atoms with Crippen molar-refractivity contribution in [3.63, 3.8) is 0 Å². The van der Waals surface area contributed by atoms with Crippen molar-refractivity contribution in [1.82, 2.24) is 4.98 Å². The topological polar surface area (TPSA) is 12.9 Å². The Morgan fingerprint density at radius 3 is 2.31 bits per heavy atom. The quantitative estimate of drug-likeness (QED) is 0.614. The lowest BCUT2D eigenvalue weighted by Gasteiger charge is -1.90. The monoisotopic (exact) mass is 261 g/mol. The Kier molecular flexibility index (Phi) is 7.26. The van der Waals surface area contributed by atoms with Gasteiger partial charge in [-0.25, -0.2) is 9.37 Å². The summed E-state index contributed by atoms with van der Waals surface area (Å²) in [6.07, 6.45) is 0. The van der Waals surface area contributed by atoms with Crippen LogP contribution in [0.4, 0.5) is 4.39 Å². The summed E-state index contributed by atoms with van der Waals surface area (Å²) < 4.78 is 13.3. The van der Waals surface area contributed by atoms with Crippen LogP contribution < -0.4 is 0 Å². The molecule has 2 aromatic rings. The predicted octanol–water partition coefficient (Wildman–Crippen LogP) is 5.45. The Bertz CT molecular complexity index is 440. The number of thiophene rings is 1. The minimum Gasteiger partial charge on any atom is -0.242 e. The van der Waals surface area contributed by atoms with E-state index in [0.29, 0.717) is 10.2 Å². The Balaban J connectivity index is 0.000000509. The molecular formula is C12H17ClFNS. The van der Waals surface area contributed by atoms with Gasteiger partial charge in [0.1, 0.15) is 9.17 Å². The number of halogens is 2. The first-order valence-corrected chi connectivity index (χ1v) is 6.59. The van der Waals surface area contributed by atoms with Crippen molar-refractivity contribution in [3.05, 3.63) is 28.0 Å². The van der Waals surface area contributed by atoms with Crippen molar-refractivity contribution >= 4 is 33.2 Å². The molecule has 0 bridgehead atoms. The summed E-state index contributed by atoms with van der Waals surface area (Å²) in [5.41, 5.74) is 0.875. The maximum Gasteiger partial charge on any atom is 0.162 e. The maximum atomic E-state index is 13.1. The Hall–Kier alpha value is -0.670. The van der Waals surface area contributed by atoms with Crippen molar-refractivity contribution in [3.8, 4) is 0 Å². The van der Waals surface area contributed by atoms with Gasteiger partial charge in [0.15, 0.2) is 5.82 Å². The molecule has 2 heterocycles. The third-order valence-corrected chi connectivity index (χ3v) is 2.86. The zero-order chi connectivity index (χ0) is 12.7. The molecule has 0 spiro atoms. The van der Waals surface area contributed by atoms with Gasteiger partial charge in [0.25, 0.3) is 0 Å². The molecule has 0 aliphatic heterocycles. The molecule has 0 aliphatic rings. The predicted molar refractivity (Wildman–Crippen MR) is 72.0 cm³/mol. The Labute approximate surface area is 105 Å². The molecule has 0 atom stereocenters. The average molecular weight is 262 g/mol. The first kappa shape index (κ1) is 15.3. The van der Waals surface area contributed by atoms with Gasteiger partial charge in [-0.3, -0.25) is 0 Å². The third kappa shape index (κ3) is 3.42. The van der Waals surface area contributed by atoms with Crippen LogP contribution in [0, 0.1) is 12.7 Å². The number of aromatic nitrogens is 1. The van der Waals surface area contributed by atoms with Gasteiger partial charge < -0.3 is 0 Å². The van der Waals surface area contributed by atoms with Gasteiger partial charge in [0, 0.05) is 11.1 Å². The van der Waals surface area contributed by atoms with E-state index in [-0.39, 0.29) is 10.2 Å². The summed E-state index contributed by atoms with van der Waals surface area (Å²) in [5.74, 6) is -0.357.